The minimum atomic E-state index is -0.867. The number of amides is 2. The van der Waals surface area contributed by atoms with Gasteiger partial charge in [0.25, 0.3) is 11.8 Å². The van der Waals surface area contributed by atoms with Crippen LogP contribution in [0.2, 0.25) is 10.0 Å². The molecule has 148 valence electrons. The Morgan fingerprint density at radius 3 is 2.61 bits per heavy atom. The zero-order valence-corrected chi connectivity index (χ0v) is 17.5. The van der Waals surface area contributed by atoms with E-state index in [9.17, 15) is 9.59 Å². The molecule has 1 saturated heterocycles. The molecule has 1 aliphatic heterocycles. The Bertz CT molecular complexity index is 879. The fourth-order valence-electron chi connectivity index (χ4n) is 2.58. The summed E-state index contributed by atoms with van der Waals surface area (Å²) >= 11 is 13.4. The van der Waals surface area contributed by atoms with Crippen LogP contribution in [0, 0.1) is 0 Å². The number of benzene rings is 2. The Hall–Kier alpha value is -2.09. The topological polar surface area (TPSA) is 67.9 Å². The Labute approximate surface area is 177 Å². The van der Waals surface area contributed by atoms with E-state index in [2.05, 4.69) is 5.43 Å². The Morgan fingerprint density at radius 2 is 1.96 bits per heavy atom. The van der Waals surface area contributed by atoms with Crippen LogP contribution < -0.4 is 14.9 Å². The summed E-state index contributed by atoms with van der Waals surface area (Å²) in [6.07, 6.45) is -0.867. The van der Waals surface area contributed by atoms with Gasteiger partial charge in [-0.2, -0.15) is 0 Å². The zero-order chi connectivity index (χ0) is 20.3. The van der Waals surface area contributed by atoms with Crippen LogP contribution in [-0.4, -0.2) is 35.8 Å². The number of methoxy groups -OCH3 is 1. The van der Waals surface area contributed by atoms with Crippen molar-refractivity contribution in [3.8, 4) is 11.5 Å². The van der Waals surface area contributed by atoms with Gasteiger partial charge in [0.1, 0.15) is 16.9 Å². The van der Waals surface area contributed by atoms with E-state index in [1.165, 1.54) is 22.8 Å². The van der Waals surface area contributed by atoms with Crippen molar-refractivity contribution in [2.75, 3.05) is 12.9 Å². The third-order valence-corrected chi connectivity index (χ3v) is 5.81. The molecule has 6 nitrogen and oxygen atoms in total. The molecule has 0 bridgehead atoms. The third-order valence-electron chi connectivity index (χ3n) is 4.07. The molecule has 28 heavy (non-hydrogen) atoms. The quantitative estimate of drug-likeness (QED) is 0.732. The summed E-state index contributed by atoms with van der Waals surface area (Å²) in [4.78, 5) is 24.9. The van der Waals surface area contributed by atoms with E-state index >= 15 is 0 Å². The minimum Gasteiger partial charge on any atom is -0.497 e. The molecule has 0 spiro atoms. The molecule has 2 aromatic carbocycles. The van der Waals surface area contributed by atoms with Crippen molar-refractivity contribution in [2.45, 2.75) is 18.4 Å². The minimum absolute atomic E-state index is 0.184. The van der Waals surface area contributed by atoms with Crippen LogP contribution in [0.1, 0.15) is 17.9 Å². The Balaban J connectivity index is 1.68. The van der Waals surface area contributed by atoms with Crippen molar-refractivity contribution in [1.82, 2.24) is 10.4 Å². The van der Waals surface area contributed by atoms with E-state index in [1.54, 1.807) is 26.2 Å². The molecule has 0 aliphatic carbocycles. The molecule has 3 rings (SSSR count). The van der Waals surface area contributed by atoms with Gasteiger partial charge in [-0.1, -0.05) is 35.3 Å². The Morgan fingerprint density at radius 1 is 1.25 bits per heavy atom. The number of carbonyl (C=O) groups is 2. The fourth-order valence-corrected chi connectivity index (χ4v) is 4.15. The van der Waals surface area contributed by atoms with Crippen LogP contribution in [0.25, 0.3) is 0 Å². The van der Waals surface area contributed by atoms with Gasteiger partial charge in [-0.15, -0.1) is 11.8 Å². The van der Waals surface area contributed by atoms with Crippen LogP contribution in [0.3, 0.4) is 0 Å². The first kappa shape index (κ1) is 20.6. The lowest BCUT2D eigenvalue weighted by atomic mass is 10.2. The molecule has 1 aliphatic rings. The number of hydrazine groups is 1. The maximum absolute atomic E-state index is 12.6. The monoisotopic (exact) mass is 440 g/mol. The normalized spacial score (nSPS) is 17.4. The van der Waals surface area contributed by atoms with Crippen LogP contribution >= 0.6 is 35.0 Å². The van der Waals surface area contributed by atoms with Crippen molar-refractivity contribution < 1.29 is 19.1 Å². The van der Waals surface area contributed by atoms with Gasteiger partial charge in [-0.25, -0.2) is 5.01 Å². The summed E-state index contributed by atoms with van der Waals surface area (Å²) in [5, 5.41) is 1.78. The summed E-state index contributed by atoms with van der Waals surface area (Å²) in [7, 11) is 1.59. The summed E-state index contributed by atoms with van der Waals surface area (Å²) < 4.78 is 10.8. The second-order valence-electron chi connectivity index (χ2n) is 6.01. The van der Waals surface area contributed by atoms with E-state index in [1.807, 2.05) is 24.3 Å². The molecule has 0 aromatic heterocycles. The SMILES string of the molecule is COc1ccc(C2SCC(=O)N2NC(=O)C(C)Oc2ccc(Cl)cc2Cl)cc1. The second kappa shape index (κ2) is 8.94. The lowest BCUT2D eigenvalue weighted by molar-refractivity contribution is -0.142. The molecule has 1 N–H and O–H groups in total. The highest BCUT2D eigenvalue weighted by Crippen LogP contribution is 2.38. The first-order valence-corrected chi connectivity index (χ1v) is 10.2. The largest absolute Gasteiger partial charge is 0.497 e. The third kappa shape index (κ3) is 4.66. The predicted octanol–water partition coefficient (Wildman–Crippen LogP) is 4.07. The molecule has 1 fully saturated rings. The van der Waals surface area contributed by atoms with Crippen molar-refractivity contribution in [3.05, 3.63) is 58.1 Å². The smallest absolute Gasteiger partial charge is 0.279 e. The number of halogens is 2. The highest BCUT2D eigenvalue weighted by atomic mass is 35.5. The standard InChI is InChI=1S/C19H18Cl2N2O4S/c1-11(27-16-8-5-13(20)9-15(16)21)18(25)22-23-17(24)10-28-19(23)12-3-6-14(26-2)7-4-12/h3-9,11,19H,10H2,1-2H3,(H,22,25). The van der Waals surface area contributed by atoms with Gasteiger partial charge in [-0.3, -0.25) is 15.0 Å². The number of nitrogens with zero attached hydrogens (tertiary/aromatic N) is 1. The summed E-state index contributed by atoms with van der Waals surface area (Å²) in [6.45, 7) is 1.58. The van der Waals surface area contributed by atoms with Gasteiger partial charge in [0.05, 0.1) is 17.9 Å². The number of carbonyl (C=O) groups excluding carboxylic acids is 2. The first-order valence-electron chi connectivity index (χ1n) is 8.39. The molecule has 2 atom stereocenters. The van der Waals surface area contributed by atoms with E-state index in [0.29, 0.717) is 15.8 Å². The molecule has 9 heteroatoms. The van der Waals surface area contributed by atoms with Gasteiger partial charge in [-0.05, 0) is 42.8 Å². The average Bonchev–Trinajstić information content (AvgIpc) is 3.04. The van der Waals surface area contributed by atoms with E-state index < -0.39 is 12.0 Å². The van der Waals surface area contributed by atoms with Crippen LogP contribution in [0.5, 0.6) is 11.5 Å². The van der Waals surface area contributed by atoms with Crippen molar-refractivity contribution in [2.24, 2.45) is 0 Å². The lowest BCUT2D eigenvalue weighted by Crippen LogP contribution is -2.49. The predicted molar refractivity (Wildman–Crippen MR) is 110 cm³/mol. The molecular weight excluding hydrogens is 423 g/mol. The Kier molecular flexibility index (Phi) is 6.59. The average molecular weight is 441 g/mol. The molecule has 0 radical (unpaired) electrons. The number of hydrogen-bond donors (Lipinski definition) is 1. The fraction of sp³-hybridized carbons (Fsp3) is 0.263. The van der Waals surface area contributed by atoms with Gasteiger partial charge >= 0.3 is 0 Å². The molecule has 2 unspecified atom stereocenters. The van der Waals surface area contributed by atoms with E-state index in [4.69, 9.17) is 32.7 Å². The van der Waals surface area contributed by atoms with Crippen molar-refractivity contribution in [1.29, 1.82) is 0 Å². The molecule has 2 amide bonds. The van der Waals surface area contributed by atoms with Crippen molar-refractivity contribution >= 4 is 46.8 Å². The van der Waals surface area contributed by atoms with Crippen molar-refractivity contribution in [3.63, 3.8) is 0 Å². The van der Waals surface area contributed by atoms with Gasteiger partial charge in [0.2, 0.25) is 0 Å². The maximum atomic E-state index is 12.6. The number of ether oxygens (including phenoxy) is 2. The van der Waals surface area contributed by atoms with Crippen LogP contribution in [-0.2, 0) is 9.59 Å². The van der Waals surface area contributed by atoms with Gasteiger partial charge < -0.3 is 9.47 Å². The van der Waals surface area contributed by atoms with E-state index in [0.717, 1.165) is 11.3 Å². The lowest BCUT2D eigenvalue weighted by Gasteiger charge is -2.26. The molecule has 0 saturated carbocycles. The highest BCUT2D eigenvalue weighted by Gasteiger charge is 2.35. The summed E-state index contributed by atoms with van der Waals surface area (Å²) in [5.41, 5.74) is 3.54. The number of thioether (sulfide) groups is 1. The molecule has 1 heterocycles. The molecular formula is C19H18Cl2N2O4S. The van der Waals surface area contributed by atoms with Crippen LogP contribution in [0.15, 0.2) is 42.5 Å². The van der Waals surface area contributed by atoms with Crippen LogP contribution in [0.4, 0.5) is 0 Å². The highest BCUT2D eigenvalue weighted by molar-refractivity contribution is 8.00. The summed E-state index contributed by atoms with van der Waals surface area (Å²) in [5.74, 6) is 0.684. The zero-order valence-electron chi connectivity index (χ0n) is 15.1. The number of hydrogen-bond acceptors (Lipinski definition) is 5. The maximum Gasteiger partial charge on any atom is 0.279 e. The van der Waals surface area contributed by atoms with Gasteiger partial charge in [0, 0.05) is 5.02 Å². The number of nitrogens with one attached hydrogen (secondary N) is 1. The second-order valence-corrected chi connectivity index (χ2v) is 7.92. The van der Waals surface area contributed by atoms with Gasteiger partial charge in [0.15, 0.2) is 6.10 Å². The van der Waals surface area contributed by atoms with E-state index in [-0.39, 0.29) is 17.0 Å². The number of rotatable bonds is 6. The summed E-state index contributed by atoms with van der Waals surface area (Å²) in [6, 6.07) is 12.1. The molecule has 2 aromatic rings. The first-order chi connectivity index (χ1) is 13.4.